The van der Waals surface area contributed by atoms with Gasteiger partial charge in [0.15, 0.2) is 0 Å². The van der Waals surface area contributed by atoms with Gasteiger partial charge in [-0.1, -0.05) is 26.8 Å². The number of benzene rings is 1. The molecule has 0 radical (unpaired) electrons. The summed E-state index contributed by atoms with van der Waals surface area (Å²) in [5.41, 5.74) is 6.89. The van der Waals surface area contributed by atoms with Crippen molar-refractivity contribution >= 4 is 11.6 Å². The van der Waals surface area contributed by atoms with E-state index >= 15 is 0 Å². The summed E-state index contributed by atoms with van der Waals surface area (Å²) >= 11 is 0. The number of anilines is 1. The molecule has 102 valence electrons. The number of hydrogen-bond donors (Lipinski definition) is 2. The minimum absolute atomic E-state index is 0.0515. The summed E-state index contributed by atoms with van der Waals surface area (Å²) in [6.07, 6.45) is 0.729. The van der Waals surface area contributed by atoms with E-state index in [2.05, 4.69) is 26.1 Å². The number of amides is 1. The molecule has 0 aliphatic carbocycles. The average molecular weight is 259 g/mol. The van der Waals surface area contributed by atoms with Gasteiger partial charge in [-0.05, 0) is 30.0 Å². The Morgan fingerprint density at radius 1 is 1.47 bits per heavy atom. The highest BCUT2D eigenvalue weighted by atomic mass is 16.1. The topological polar surface area (TPSA) is 78.9 Å². The van der Waals surface area contributed by atoms with Crippen molar-refractivity contribution in [3.63, 3.8) is 0 Å². The molecule has 0 bridgehead atoms. The Kier molecular flexibility index (Phi) is 5.08. The largest absolute Gasteiger partial charge is 0.330 e. The maximum atomic E-state index is 12.1. The van der Waals surface area contributed by atoms with Gasteiger partial charge in [-0.3, -0.25) is 4.79 Å². The highest BCUT2D eigenvalue weighted by Crippen LogP contribution is 2.25. The van der Waals surface area contributed by atoms with E-state index in [9.17, 15) is 4.79 Å². The van der Waals surface area contributed by atoms with E-state index in [0.29, 0.717) is 17.8 Å². The van der Waals surface area contributed by atoms with Crippen LogP contribution >= 0.6 is 0 Å². The molecule has 0 fully saturated rings. The fourth-order valence-electron chi connectivity index (χ4n) is 1.93. The molecule has 1 aromatic rings. The summed E-state index contributed by atoms with van der Waals surface area (Å²) in [6.45, 7) is 6.57. The van der Waals surface area contributed by atoms with Crippen LogP contribution in [-0.4, -0.2) is 12.5 Å². The molecule has 0 heterocycles. The Morgan fingerprint density at radius 2 is 2.16 bits per heavy atom. The third kappa shape index (κ3) is 5.11. The summed E-state index contributed by atoms with van der Waals surface area (Å²) < 4.78 is 0. The molecule has 0 saturated heterocycles. The Hall–Kier alpha value is -1.86. The zero-order valence-corrected chi connectivity index (χ0v) is 11.7. The monoisotopic (exact) mass is 259 g/mol. The number of hydrogen-bond acceptors (Lipinski definition) is 3. The first-order valence-corrected chi connectivity index (χ1v) is 6.37. The van der Waals surface area contributed by atoms with E-state index < -0.39 is 0 Å². The van der Waals surface area contributed by atoms with Crippen molar-refractivity contribution in [1.82, 2.24) is 0 Å². The fraction of sp³-hybridized carbons (Fsp3) is 0.467. The SMILES string of the molecule is CC(C)(C)CC(CN)C(=O)Nc1cccc(C#N)c1. The molecule has 1 aromatic carbocycles. The molecule has 0 aromatic heterocycles. The van der Waals surface area contributed by atoms with E-state index in [4.69, 9.17) is 11.0 Å². The molecule has 1 rings (SSSR count). The first-order valence-electron chi connectivity index (χ1n) is 6.37. The van der Waals surface area contributed by atoms with Gasteiger partial charge in [0.2, 0.25) is 5.91 Å². The van der Waals surface area contributed by atoms with Crippen LogP contribution in [0.3, 0.4) is 0 Å². The highest BCUT2D eigenvalue weighted by Gasteiger charge is 2.23. The molecule has 3 N–H and O–H groups in total. The number of rotatable bonds is 4. The summed E-state index contributed by atoms with van der Waals surface area (Å²) in [5.74, 6) is -0.307. The van der Waals surface area contributed by atoms with Gasteiger partial charge in [-0.25, -0.2) is 0 Å². The standard InChI is InChI=1S/C15H21N3O/c1-15(2,3)8-12(10-17)14(19)18-13-6-4-5-11(7-13)9-16/h4-7,12H,8,10,17H2,1-3H3,(H,18,19). The number of nitriles is 1. The van der Waals surface area contributed by atoms with E-state index in [1.807, 2.05) is 6.07 Å². The lowest BCUT2D eigenvalue weighted by molar-refractivity contribution is -0.120. The second-order valence-corrected chi connectivity index (χ2v) is 5.88. The summed E-state index contributed by atoms with van der Waals surface area (Å²) in [7, 11) is 0. The number of carbonyl (C=O) groups is 1. The van der Waals surface area contributed by atoms with Crippen LogP contribution in [0.15, 0.2) is 24.3 Å². The molecule has 0 spiro atoms. The van der Waals surface area contributed by atoms with E-state index in [1.54, 1.807) is 24.3 Å². The van der Waals surface area contributed by atoms with Crippen molar-refractivity contribution in [3.05, 3.63) is 29.8 Å². The molecule has 0 aliphatic rings. The molecule has 0 aliphatic heterocycles. The summed E-state index contributed by atoms with van der Waals surface area (Å²) in [5, 5.41) is 11.6. The third-order valence-corrected chi connectivity index (χ3v) is 2.77. The van der Waals surface area contributed by atoms with Gasteiger partial charge < -0.3 is 11.1 Å². The predicted octanol–water partition coefficient (Wildman–Crippen LogP) is 2.51. The van der Waals surface area contributed by atoms with Gasteiger partial charge in [0, 0.05) is 12.2 Å². The van der Waals surface area contributed by atoms with E-state index in [1.165, 1.54) is 0 Å². The van der Waals surface area contributed by atoms with Crippen LogP contribution in [0.25, 0.3) is 0 Å². The molecule has 1 atom stereocenters. The van der Waals surface area contributed by atoms with Crippen LogP contribution in [0, 0.1) is 22.7 Å². The van der Waals surface area contributed by atoms with Crippen molar-refractivity contribution < 1.29 is 4.79 Å². The second-order valence-electron chi connectivity index (χ2n) is 5.88. The maximum absolute atomic E-state index is 12.1. The molecule has 1 amide bonds. The molecule has 0 saturated carbocycles. The molecule has 19 heavy (non-hydrogen) atoms. The lowest BCUT2D eigenvalue weighted by Gasteiger charge is -2.24. The minimum atomic E-state index is -0.217. The van der Waals surface area contributed by atoms with Gasteiger partial charge in [0.25, 0.3) is 0 Å². The molecule has 1 unspecified atom stereocenters. The lowest BCUT2D eigenvalue weighted by Crippen LogP contribution is -2.32. The predicted molar refractivity (Wildman–Crippen MR) is 76.4 cm³/mol. The quantitative estimate of drug-likeness (QED) is 0.872. The van der Waals surface area contributed by atoms with Crippen molar-refractivity contribution in [2.24, 2.45) is 17.1 Å². The van der Waals surface area contributed by atoms with Crippen molar-refractivity contribution in [2.45, 2.75) is 27.2 Å². The Labute approximate surface area is 114 Å². The van der Waals surface area contributed by atoms with Crippen LogP contribution in [0.5, 0.6) is 0 Å². The Morgan fingerprint density at radius 3 is 2.68 bits per heavy atom. The number of carbonyl (C=O) groups excluding carboxylic acids is 1. The number of nitrogens with zero attached hydrogens (tertiary/aromatic N) is 1. The molecular formula is C15H21N3O. The first-order chi connectivity index (χ1) is 8.85. The zero-order chi connectivity index (χ0) is 14.5. The fourth-order valence-corrected chi connectivity index (χ4v) is 1.93. The van der Waals surface area contributed by atoms with Crippen molar-refractivity contribution in [2.75, 3.05) is 11.9 Å². The summed E-state index contributed by atoms with van der Waals surface area (Å²) in [6, 6.07) is 8.91. The zero-order valence-electron chi connectivity index (χ0n) is 11.7. The Balaban J connectivity index is 2.74. The smallest absolute Gasteiger partial charge is 0.228 e. The van der Waals surface area contributed by atoms with Gasteiger partial charge in [0.05, 0.1) is 17.6 Å². The maximum Gasteiger partial charge on any atom is 0.228 e. The van der Waals surface area contributed by atoms with E-state index in [-0.39, 0.29) is 17.2 Å². The average Bonchev–Trinajstić information content (AvgIpc) is 2.35. The van der Waals surface area contributed by atoms with Crippen molar-refractivity contribution in [1.29, 1.82) is 5.26 Å². The van der Waals surface area contributed by atoms with Crippen molar-refractivity contribution in [3.8, 4) is 6.07 Å². The highest BCUT2D eigenvalue weighted by molar-refractivity contribution is 5.92. The molecule has 4 heteroatoms. The van der Waals surface area contributed by atoms with Gasteiger partial charge in [-0.15, -0.1) is 0 Å². The lowest BCUT2D eigenvalue weighted by atomic mass is 9.84. The molecule has 4 nitrogen and oxygen atoms in total. The van der Waals surface area contributed by atoms with Crippen LogP contribution in [0.4, 0.5) is 5.69 Å². The van der Waals surface area contributed by atoms with Crippen LogP contribution < -0.4 is 11.1 Å². The van der Waals surface area contributed by atoms with Gasteiger partial charge in [-0.2, -0.15) is 5.26 Å². The first kappa shape index (κ1) is 15.2. The van der Waals surface area contributed by atoms with Gasteiger partial charge >= 0.3 is 0 Å². The van der Waals surface area contributed by atoms with Crippen LogP contribution in [0.1, 0.15) is 32.8 Å². The van der Waals surface area contributed by atoms with Crippen LogP contribution in [0.2, 0.25) is 0 Å². The normalized spacial score (nSPS) is 12.6. The Bertz CT molecular complexity index is 483. The minimum Gasteiger partial charge on any atom is -0.330 e. The molecular weight excluding hydrogens is 238 g/mol. The summed E-state index contributed by atoms with van der Waals surface area (Å²) in [4.78, 5) is 12.1. The second kappa shape index (κ2) is 6.35. The van der Waals surface area contributed by atoms with Crippen LogP contribution in [-0.2, 0) is 4.79 Å². The third-order valence-electron chi connectivity index (χ3n) is 2.77. The van der Waals surface area contributed by atoms with Gasteiger partial charge in [0.1, 0.15) is 0 Å². The number of nitrogens with one attached hydrogen (secondary N) is 1. The van der Waals surface area contributed by atoms with E-state index in [0.717, 1.165) is 6.42 Å². The number of nitrogens with two attached hydrogens (primary N) is 1.